The number of benzene rings is 2. The summed E-state index contributed by atoms with van der Waals surface area (Å²) in [5.41, 5.74) is 1.41. The smallest absolute Gasteiger partial charge is 0.226 e. The fraction of sp³-hybridized carbons (Fsp3) is 0.263. The van der Waals surface area contributed by atoms with E-state index in [2.05, 4.69) is 5.32 Å². The average molecular weight is 395 g/mol. The molecule has 2 aromatic carbocycles. The normalized spacial score (nSPS) is 10.3. The molecule has 2 aromatic rings. The standard InChI is InChI=1S/C19H20Cl2N2O3/c1-13(24)23(12-14-3-6-16(26-2)7-4-14)10-9-19(25)22-18-11-15(20)5-8-17(18)21/h3-8,11H,9-10,12H2,1-2H3,(H,22,25). The van der Waals surface area contributed by atoms with Gasteiger partial charge in [0.15, 0.2) is 0 Å². The van der Waals surface area contributed by atoms with E-state index in [9.17, 15) is 9.59 Å². The van der Waals surface area contributed by atoms with Crippen molar-refractivity contribution in [1.29, 1.82) is 0 Å². The van der Waals surface area contributed by atoms with Gasteiger partial charge in [-0.15, -0.1) is 0 Å². The third kappa shape index (κ3) is 5.93. The highest BCUT2D eigenvalue weighted by Crippen LogP contribution is 2.25. The first-order valence-electron chi connectivity index (χ1n) is 8.02. The second-order valence-corrected chi connectivity index (χ2v) is 6.55. The van der Waals surface area contributed by atoms with Crippen molar-refractivity contribution in [3.05, 3.63) is 58.1 Å². The van der Waals surface area contributed by atoms with E-state index in [4.69, 9.17) is 27.9 Å². The summed E-state index contributed by atoms with van der Waals surface area (Å²) >= 11 is 11.9. The molecule has 0 atom stereocenters. The van der Waals surface area contributed by atoms with Gasteiger partial charge in [0.2, 0.25) is 11.8 Å². The zero-order valence-corrected chi connectivity index (χ0v) is 16.1. The lowest BCUT2D eigenvalue weighted by Gasteiger charge is -2.21. The molecule has 0 radical (unpaired) electrons. The predicted molar refractivity (Wildman–Crippen MR) is 104 cm³/mol. The maximum absolute atomic E-state index is 12.2. The van der Waals surface area contributed by atoms with Crippen molar-refractivity contribution in [2.75, 3.05) is 19.0 Å². The van der Waals surface area contributed by atoms with Crippen molar-refractivity contribution in [3.63, 3.8) is 0 Å². The Kier molecular flexibility index (Phi) is 7.30. The largest absolute Gasteiger partial charge is 0.497 e. The summed E-state index contributed by atoms with van der Waals surface area (Å²) in [6.45, 7) is 2.20. The summed E-state index contributed by atoms with van der Waals surface area (Å²) in [6, 6.07) is 12.3. The third-order valence-corrected chi connectivity index (χ3v) is 4.35. The van der Waals surface area contributed by atoms with Gasteiger partial charge < -0.3 is 15.0 Å². The molecule has 7 heteroatoms. The van der Waals surface area contributed by atoms with Gasteiger partial charge in [0.1, 0.15) is 5.75 Å². The zero-order valence-electron chi connectivity index (χ0n) is 14.6. The molecular formula is C19H20Cl2N2O3. The second-order valence-electron chi connectivity index (χ2n) is 5.71. The summed E-state index contributed by atoms with van der Waals surface area (Å²) in [7, 11) is 1.60. The molecular weight excluding hydrogens is 375 g/mol. The lowest BCUT2D eigenvalue weighted by molar-refractivity contribution is -0.129. The van der Waals surface area contributed by atoms with Crippen LogP contribution in [-0.4, -0.2) is 30.4 Å². The number of carbonyl (C=O) groups is 2. The lowest BCUT2D eigenvalue weighted by atomic mass is 10.2. The second kappa shape index (κ2) is 9.46. The highest BCUT2D eigenvalue weighted by atomic mass is 35.5. The van der Waals surface area contributed by atoms with Crippen LogP contribution in [0.2, 0.25) is 10.0 Å². The first-order valence-corrected chi connectivity index (χ1v) is 8.78. The number of rotatable bonds is 7. The highest BCUT2D eigenvalue weighted by Gasteiger charge is 2.13. The Hall–Kier alpha value is -2.24. The minimum absolute atomic E-state index is 0.102. The average Bonchev–Trinajstić information content (AvgIpc) is 2.62. The molecule has 0 saturated heterocycles. The number of hydrogen-bond donors (Lipinski definition) is 1. The first-order chi connectivity index (χ1) is 12.4. The van der Waals surface area contributed by atoms with Crippen LogP contribution in [0, 0.1) is 0 Å². The van der Waals surface area contributed by atoms with E-state index in [1.54, 1.807) is 30.2 Å². The number of carbonyl (C=O) groups excluding carboxylic acids is 2. The van der Waals surface area contributed by atoms with Crippen LogP contribution < -0.4 is 10.1 Å². The van der Waals surface area contributed by atoms with E-state index in [-0.39, 0.29) is 18.2 Å². The number of nitrogens with one attached hydrogen (secondary N) is 1. The molecule has 0 unspecified atom stereocenters. The molecule has 138 valence electrons. The van der Waals surface area contributed by atoms with Gasteiger partial charge in [0, 0.05) is 31.5 Å². The van der Waals surface area contributed by atoms with E-state index >= 15 is 0 Å². The van der Waals surface area contributed by atoms with E-state index in [1.165, 1.54) is 6.92 Å². The van der Waals surface area contributed by atoms with Crippen LogP contribution >= 0.6 is 23.2 Å². The molecule has 0 aliphatic rings. The van der Waals surface area contributed by atoms with Gasteiger partial charge in [0.05, 0.1) is 17.8 Å². The summed E-state index contributed by atoms with van der Waals surface area (Å²) in [5, 5.41) is 3.60. The molecule has 0 aromatic heterocycles. The van der Waals surface area contributed by atoms with Crippen LogP contribution in [0.3, 0.4) is 0 Å². The summed E-state index contributed by atoms with van der Waals surface area (Å²) in [5.74, 6) is 0.408. The van der Waals surface area contributed by atoms with Gasteiger partial charge in [0.25, 0.3) is 0 Å². The fourth-order valence-electron chi connectivity index (χ4n) is 2.34. The Morgan fingerprint density at radius 2 is 1.81 bits per heavy atom. The molecule has 0 aliphatic heterocycles. The molecule has 0 heterocycles. The van der Waals surface area contributed by atoms with Crippen LogP contribution in [0.1, 0.15) is 18.9 Å². The molecule has 0 fully saturated rings. The van der Waals surface area contributed by atoms with Gasteiger partial charge in [-0.25, -0.2) is 0 Å². The van der Waals surface area contributed by atoms with Crippen molar-refractivity contribution >= 4 is 40.7 Å². The number of halogens is 2. The Morgan fingerprint density at radius 3 is 2.42 bits per heavy atom. The Bertz CT molecular complexity index is 779. The van der Waals surface area contributed by atoms with Gasteiger partial charge in [-0.1, -0.05) is 35.3 Å². The Balaban J connectivity index is 1.93. The number of nitrogens with zero attached hydrogens (tertiary/aromatic N) is 1. The summed E-state index contributed by atoms with van der Waals surface area (Å²) in [4.78, 5) is 25.7. The van der Waals surface area contributed by atoms with Crippen LogP contribution in [0.5, 0.6) is 5.75 Å². The first kappa shape index (κ1) is 20.1. The molecule has 2 rings (SSSR count). The topological polar surface area (TPSA) is 58.6 Å². The van der Waals surface area contributed by atoms with E-state index in [1.807, 2.05) is 24.3 Å². The van der Waals surface area contributed by atoms with E-state index in [0.717, 1.165) is 11.3 Å². The van der Waals surface area contributed by atoms with Crippen molar-refractivity contribution < 1.29 is 14.3 Å². The predicted octanol–water partition coefficient (Wildman–Crippen LogP) is 4.38. The number of methoxy groups -OCH3 is 1. The maximum Gasteiger partial charge on any atom is 0.226 e. The highest BCUT2D eigenvalue weighted by molar-refractivity contribution is 6.35. The molecule has 2 amide bonds. The summed E-state index contributed by atoms with van der Waals surface area (Å²) in [6.07, 6.45) is 0.151. The molecule has 0 aliphatic carbocycles. The van der Waals surface area contributed by atoms with Gasteiger partial charge in [-0.05, 0) is 35.9 Å². The van der Waals surface area contributed by atoms with Gasteiger partial charge >= 0.3 is 0 Å². The molecule has 26 heavy (non-hydrogen) atoms. The molecule has 0 spiro atoms. The van der Waals surface area contributed by atoms with Crippen molar-refractivity contribution in [2.24, 2.45) is 0 Å². The van der Waals surface area contributed by atoms with Crippen molar-refractivity contribution in [2.45, 2.75) is 19.9 Å². The Morgan fingerprint density at radius 1 is 1.12 bits per heavy atom. The summed E-state index contributed by atoms with van der Waals surface area (Å²) < 4.78 is 5.12. The van der Waals surface area contributed by atoms with Crippen molar-refractivity contribution in [1.82, 2.24) is 4.90 Å². The van der Waals surface area contributed by atoms with Gasteiger partial charge in [-0.2, -0.15) is 0 Å². The van der Waals surface area contributed by atoms with E-state index in [0.29, 0.717) is 28.8 Å². The number of amides is 2. The minimum atomic E-state index is -0.241. The van der Waals surface area contributed by atoms with Crippen LogP contribution in [0.15, 0.2) is 42.5 Å². The quantitative estimate of drug-likeness (QED) is 0.757. The van der Waals surface area contributed by atoms with E-state index < -0.39 is 0 Å². The van der Waals surface area contributed by atoms with Gasteiger partial charge in [-0.3, -0.25) is 9.59 Å². The molecule has 5 nitrogen and oxygen atoms in total. The Labute approximate surface area is 162 Å². The maximum atomic E-state index is 12.2. The van der Waals surface area contributed by atoms with Crippen LogP contribution in [-0.2, 0) is 16.1 Å². The SMILES string of the molecule is COc1ccc(CN(CCC(=O)Nc2cc(Cl)ccc2Cl)C(C)=O)cc1. The molecule has 0 bridgehead atoms. The van der Waals surface area contributed by atoms with Crippen molar-refractivity contribution in [3.8, 4) is 5.75 Å². The fourth-order valence-corrected chi connectivity index (χ4v) is 2.68. The van der Waals surface area contributed by atoms with Crippen LogP contribution in [0.4, 0.5) is 5.69 Å². The number of anilines is 1. The zero-order chi connectivity index (χ0) is 19.1. The monoisotopic (exact) mass is 394 g/mol. The molecule has 1 N–H and O–H groups in total. The number of ether oxygens (including phenoxy) is 1. The van der Waals surface area contributed by atoms with Crippen LogP contribution in [0.25, 0.3) is 0 Å². The lowest BCUT2D eigenvalue weighted by Crippen LogP contribution is -2.31. The molecule has 0 saturated carbocycles. The minimum Gasteiger partial charge on any atom is -0.497 e. The third-order valence-electron chi connectivity index (χ3n) is 3.79. The number of hydrogen-bond acceptors (Lipinski definition) is 3.